The molecule has 0 aromatic rings. The van der Waals surface area contributed by atoms with Gasteiger partial charge in [0, 0.05) is 18.5 Å². The van der Waals surface area contributed by atoms with Crippen LogP contribution in [-0.4, -0.2) is 29.9 Å². The number of hydrogen-bond acceptors (Lipinski definition) is 1. The van der Waals surface area contributed by atoms with Crippen LogP contribution >= 0.6 is 11.6 Å². The Bertz CT molecular complexity index is 227. The van der Waals surface area contributed by atoms with Crippen molar-refractivity contribution in [2.45, 2.75) is 44.6 Å². The second kappa shape index (κ2) is 4.25. The third-order valence-electron chi connectivity index (χ3n) is 5.03. The van der Waals surface area contributed by atoms with E-state index in [0.717, 1.165) is 23.6 Å². The van der Waals surface area contributed by atoms with Gasteiger partial charge in [-0.15, -0.1) is 11.6 Å². The highest BCUT2D eigenvalue weighted by Crippen LogP contribution is 2.48. The van der Waals surface area contributed by atoms with E-state index in [1.165, 1.54) is 45.2 Å². The predicted molar refractivity (Wildman–Crippen MR) is 64.3 cm³/mol. The van der Waals surface area contributed by atoms with Crippen LogP contribution in [0.1, 0.15) is 38.5 Å². The molecule has 1 aliphatic heterocycles. The zero-order valence-electron chi connectivity index (χ0n) is 9.50. The molecule has 15 heavy (non-hydrogen) atoms. The summed E-state index contributed by atoms with van der Waals surface area (Å²) in [7, 11) is 0. The first-order valence-corrected chi connectivity index (χ1v) is 7.20. The van der Waals surface area contributed by atoms with Crippen LogP contribution in [0.15, 0.2) is 0 Å². The fraction of sp³-hybridized carbons (Fsp3) is 1.00. The highest BCUT2D eigenvalue weighted by atomic mass is 35.5. The Morgan fingerprint density at radius 3 is 2.73 bits per heavy atom. The molecule has 1 heterocycles. The second-order valence-electron chi connectivity index (χ2n) is 5.88. The minimum absolute atomic E-state index is 0.700. The van der Waals surface area contributed by atoms with E-state index < -0.39 is 0 Å². The summed E-state index contributed by atoms with van der Waals surface area (Å²) in [6, 6.07) is 0.700. The molecular weight excluding hydrogens is 206 g/mol. The SMILES string of the molecule is ClC[C@H]1CCCN1CC1CC2CCC1C2. The van der Waals surface area contributed by atoms with Crippen LogP contribution in [0.5, 0.6) is 0 Å². The minimum atomic E-state index is 0.700. The number of likely N-dealkylation sites (tertiary alicyclic amines) is 1. The molecule has 1 nitrogen and oxygen atoms in total. The first-order valence-electron chi connectivity index (χ1n) is 6.67. The van der Waals surface area contributed by atoms with Gasteiger partial charge < -0.3 is 0 Å². The number of halogens is 1. The van der Waals surface area contributed by atoms with Crippen LogP contribution in [0.2, 0.25) is 0 Å². The summed E-state index contributed by atoms with van der Waals surface area (Å²) in [6.45, 7) is 2.67. The number of nitrogens with zero attached hydrogens (tertiary/aromatic N) is 1. The monoisotopic (exact) mass is 227 g/mol. The van der Waals surface area contributed by atoms with E-state index in [9.17, 15) is 0 Å². The lowest BCUT2D eigenvalue weighted by Gasteiger charge is -2.30. The van der Waals surface area contributed by atoms with E-state index in [2.05, 4.69) is 4.90 Å². The Balaban J connectivity index is 1.56. The average Bonchev–Trinajstić information content (AvgIpc) is 2.92. The number of fused-ring (bicyclic) bond motifs is 2. The summed E-state index contributed by atoms with van der Waals surface area (Å²) in [6.07, 6.45) is 8.83. The summed E-state index contributed by atoms with van der Waals surface area (Å²) >= 11 is 6.03. The summed E-state index contributed by atoms with van der Waals surface area (Å²) in [5.41, 5.74) is 0. The molecule has 3 unspecified atom stereocenters. The third-order valence-corrected chi connectivity index (χ3v) is 5.39. The zero-order chi connectivity index (χ0) is 10.3. The molecule has 0 radical (unpaired) electrons. The van der Waals surface area contributed by atoms with Gasteiger partial charge in [-0.2, -0.15) is 0 Å². The van der Waals surface area contributed by atoms with Gasteiger partial charge in [-0.25, -0.2) is 0 Å². The first kappa shape index (κ1) is 10.4. The van der Waals surface area contributed by atoms with Crippen molar-refractivity contribution < 1.29 is 0 Å². The van der Waals surface area contributed by atoms with Gasteiger partial charge in [-0.05, 0) is 56.4 Å². The maximum atomic E-state index is 6.03. The van der Waals surface area contributed by atoms with Gasteiger partial charge in [0.2, 0.25) is 0 Å². The van der Waals surface area contributed by atoms with E-state index in [1.54, 1.807) is 6.42 Å². The van der Waals surface area contributed by atoms with Crippen molar-refractivity contribution in [3.05, 3.63) is 0 Å². The number of alkyl halides is 1. The van der Waals surface area contributed by atoms with E-state index in [-0.39, 0.29) is 0 Å². The Hall–Kier alpha value is 0.250. The Kier molecular flexibility index (Phi) is 2.95. The summed E-state index contributed by atoms with van der Waals surface area (Å²) in [5.74, 6) is 4.04. The lowest BCUT2D eigenvalue weighted by atomic mass is 9.88. The molecule has 2 bridgehead atoms. The molecule has 0 spiro atoms. The Morgan fingerprint density at radius 2 is 2.07 bits per heavy atom. The summed E-state index contributed by atoms with van der Waals surface area (Å²) in [4.78, 5) is 2.68. The largest absolute Gasteiger partial charge is 0.299 e. The highest BCUT2D eigenvalue weighted by molar-refractivity contribution is 6.18. The van der Waals surface area contributed by atoms with Crippen molar-refractivity contribution in [1.29, 1.82) is 0 Å². The van der Waals surface area contributed by atoms with Crippen molar-refractivity contribution in [1.82, 2.24) is 4.90 Å². The van der Waals surface area contributed by atoms with E-state index in [4.69, 9.17) is 11.6 Å². The van der Waals surface area contributed by atoms with Crippen molar-refractivity contribution >= 4 is 11.6 Å². The van der Waals surface area contributed by atoms with Gasteiger partial charge >= 0.3 is 0 Å². The van der Waals surface area contributed by atoms with E-state index >= 15 is 0 Å². The van der Waals surface area contributed by atoms with Gasteiger partial charge in [0.15, 0.2) is 0 Å². The van der Waals surface area contributed by atoms with E-state index in [0.29, 0.717) is 6.04 Å². The van der Waals surface area contributed by atoms with Crippen LogP contribution in [0.4, 0.5) is 0 Å². The smallest absolute Gasteiger partial charge is 0.0379 e. The Morgan fingerprint density at radius 1 is 1.13 bits per heavy atom. The lowest BCUT2D eigenvalue weighted by molar-refractivity contribution is 0.187. The quantitative estimate of drug-likeness (QED) is 0.670. The van der Waals surface area contributed by atoms with Gasteiger partial charge in [-0.3, -0.25) is 4.90 Å². The van der Waals surface area contributed by atoms with Crippen molar-refractivity contribution in [3.63, 3.8) is 0 Å². The topological polar surface area (TPSA) is 3.24 Å². The van der Waals surface area contributed by atoms with Crippen LogP contribution < -0.4 is 0 Å². The first-order chi connectivity index (χ1) is 7.36. The zero-order valence-corrected chi connectivity index (χ0v) is 10.3. The molecule has 0 amide bonds. The maximum Gasteiger partial charge on any atom is 0.0379 e. The van der Waals surface area contributed by atoms with Crippen LogP contribution in [0.3, 0.4) is 0 Å². The van der Waals surface area contributed by atoms with Gasteiger partial charge in [0.05, 0.1) is 0 Å². The maximum absolute atomic E-state index is 6.03. The molecule has 3 fully saturated rings. The minimum Gasteiger partial charge on any atom is -0.299 e. The molecule has 2 aliphatic carbocycles. The molecule has 3 aliphatic rings. The third kappa shape index (κ3) is 1.93. The van der Waals surface area contributed by atoms with Gasteiger partial charge in [0.1, 0.15) is 0 Å². The van der Waals surface area contributed by atoms with Crippen LogP contribution in [-0.2, 0) is 0 Å². The summed E-state index contributed by atoms with van der Waals surface area (Å²) in [5, 5.41) is 0. The predicted octanol–water partition coefficient (Wildman–Crippen LogP) is 3.13. The fourth-order valence-corrected chi connectivity index (χ4v) is 4.56. The molecule has 0 aromatic carbocycles. The fourth-order valence-electron chi connectivity index (χ4n) is 4.21. The lowest BCUT2D eigenvalue weighted by Crippen LogP contribution is -2.36. The molecule has 0 N–H and O–H groups in total. The normalized spacial score (nSPS) is 45.4. The highest BCUT2D eigenvalue weighted by Gasteiger charge is 2.40. The van der Waals surface area contributed by atoms with Crippen LogP contribution in [0, 0.1) is 17.8 Å². The number of rotatable bonds is 3. The molecule has 4 atom stereocenters. The van der Waals surface area contributed by atoms with Gasteiger partial charge in [-0.1, -0.05) is 6.42 Å². The second-order valence-corrected chi connectivity index (χ2v) is 6.19. The number of hydrogen-bond donors (Lipinski definition) is 0. The molecule has 1 saturated heterocycles. The Labute approximate surface area is 98.2 Å². The van der Waals surface area contributed by atoms with Crippen LogP contribution in [0.25, 0.3) is 0 Å². The van der Waals surface area contributed by atoms with Crippen molar-refractivity contribution in [2.75, 3.05) is 19.0 Å². The molecule has 2 saturated carbocycles. The summed E-state index contributed by atoms with van der Waals surface area (Å²) < 4.78 is 0. The molecular formula is C13H22ClN. The van der Waals surface area contributed by atoms with Crippen molar-refractivity contribution in [2.24, 2.45) is 17.8 Å². The average molecular weight is 228 g/mol. The van der Waals surface area contributed by atoms with E-state index in [1.807, 2.05) is 0 Å². The van der Waals surface area contributed by atoms with Gasteiger partial charge in [0.25, 0.3) is 0 Å². The molecule has 86 valence electrons. The molecule has 0 aromatic heterocycles. The standard InChI is InChI=1S/C13H22ClN/c14-8-13-2-1-5-15(13)9-12-7-10-3-4-11(12)6-10/h10-13H,1-9H2/t10?,11?,12?,13-/m1/s1. The van der Waals surface area contributed by atoms with Crippen molar-refractivity contribution in [3.8, 4) is 0 Å². The molecule has 2 heteroatoms. The molecule has 3 rings (SSSR count).